The summed E-state index contributed by atoms with van der Waals surface area (Å²) < 4.78 is 0. The Labute approximate surface area is 143 Å². The minimum absolute atomic E-state index is 0.0156. The van der Waals surface area contributed by atoms with Crippen LogP contribution in [0.15, 0.2) is 54.6 Å². The van der Waals surface area contributed by atoms with E-state index in [1.807, 2.05) is 30.3 Å². The zero-order valence-electron chi connectivity index (χ0n) is 14.2. The Kier molecular flexibility index (Phi) is 6.13. The van der Waals surface area contributed by atoms with E-state index in [1.54, 1.807) is 24.3 Å². The fourth-order valence-corrected chi connectivity index (χ4v) is 2.76. The van der Waals surface area contributed by atoms with Gasteiger partial charge < -0.3 is 11.1 Å². The normalized spacial score (nSPS) is 13.1. The molecule has 0 heterocycles. The summed E-state index contributed by atoms with van der Waals surface area (Å²) in [6.45, 7) is 4.18. The molecule has 0 aliphatic rings. The van der Waals surface area contributed by atoms with Gasteiger partial charge in [0.05, 0.1) is 12.3 Å². The Morgan fingerprint density at radius 3 is 2.21 bits per heavy atom. The molecule has 24 heavy (non-hydrogen) atoms. The summed E-state index contributed by atoms with van der Waals surface area (Å²) in [5, 5.41) is 2.98. The van der Waals surface area contributed by atoms with Gasteiger partial charge in [-0.1, -0.05) is 62.7 Å². The van der Waals surface area contributed by atoms with Crippen LogP contribution in [0.4, 0.5) is 5.69 Å². The van der Waals surface area contributed by atoms with Crippen molar-refractivity contribution in [2.75, 3.05) is 5.32 Å². The van der Waals surface area contributed by atoms with Gasteiger partial charge in [-0.3, -0.25) is 9.59 Å². The molecule has 2 amide bonds. The fourth-order valence-electron chi connectivity index (χ4n) is 2.76. The minimum atomic E-state index is -0.368. The number of nitrogens with one attached hydrogen (secondary N) is 1. The highest BCUT2D eigenvalue weighted by Crippen LogP contribution is 2.28. The van der Waals surface area contributed by atoms with Gasteiger partial charge in [0.15, 0.2) is 0 Å². The van der Waals surface area contributed by atoms with Gasteiger partial charge in [-0.25, -0.2) is 0 Å². The zero-order chi connectivity index (χ0) is 17.5. The smallest absolute Gasteiger partial charge is 0.232 e. The van der Waals surface area contributed by atoms with E-state index in [4.69, 9.17) is 5.73 Å². The summed E-state index contributed by atoms with van der Waals surface area (Å²) in [7, 11) is 0. The molecule has 3 N–H and O–H groups in total. The monoisotopic (exact) mass is 324 g/mol. The van der Waals surface area contributed by atoms with Crippen molar-refractivity contribution in [2.24, 2.45) is 11.7 Å². The molecule has 0 radical (unpaired) electrons. The molecule has 2 rings (SSSR count). The molecule has 0 fully saturated rings. The SMILES string of the molecule is CC[C@@H](C)[C@H](C(=O)Nc1ccc(CC(N)=O)cc1)c1ccccc1. The molecule has 0 aliphatic heterocycles. The van der Waals surface area contributed by atoms with Gasteiger partial charge in [0.25, 0.3) is 0 Å². The van der Waals surface area contributed by atoms with Crippen molar-refractivity contribution in [3.8, 4) is 0 Å². The first-order chi connectivity index (χ1) is 11.5. The molecule has 2 aromatic carbocycles. The van der Waals surface area contributed by atoms with Crippen molar-refractivity contribution in [3.63, 3.8) is 0 Å². The van der Waals surface area contributed by atoms with E-state index in [0.717, 1.165) is 23.2 Å². The molecule has 2 atom stereocenters. The number of carbonyl (C=O) groups is 2. The van der Waals surface area contributed by atoms with E-state index in [1.165, 1.54) is 0 Å². The summed E-state index contributed by atoms with van der Waals surface area (Å²) in [6, 6.07) is 17.1. The number of hydrogen-bond donors (Lipinski definition) is 2. The highest BCUT2D eigenvalue weighted by molar-refractivity contribution is 5.96. The third-order valence-corrected chi connectivity index (χ3v) is 4.25. The highest BCUT2D eigenvalue weighted by Gasteiger charge is 2.25. The van der Waals surface area contributed by atoms with Gasteiger partial charge in [0.1, 0.15) is 0 Å². The Morgan fingerprint density at radius 1 is 1.04 bits per heavy atom. The van der Waals surface area contributed by atoms with E-state index < -0.39 is 0 Å². The summed E-state index contributed by atoms with van der Waals surface area (Å²) in [4.78, 5) is 23.7. The number of rotatable bonds is 7. The summed E-state index contributed by atoms with van der Waals surface area (Å²) in [6.07, 6.45) is 1.12. The number of primary amides is 1. The Hall–Kier alpha value is -2.62. The molecule has 0 unspecified atom stereocenters. The highest BCUT2D eigenvalue weighted by atomic mass is 16.2. The van der Waals surface area contributed by atoms with Crippen LogP contribution in [-0.2, 0) is 16.0 Å². The summed E-state index contributed by atoms with van der Waals surface area (Å²) >= 11 is 0. The molecular weight excluding hydrogens is 300 g/mol. The Morgan fingerprint density at radius 2 is 1.67 bits per heavy atom. The Bertz CT molecular complexity index is 681. The predicted octanol–water partition coefficient (Wildman–Crippen LogP) is 3.48. The zero-order valence-corrected chi connectivity index (χ0v) is 14.2. The maximum atomic E-state index is 12.8. The number of anilines is 1. The number of nitrogens with two attached hydrogens (primary N) is 1. The quantitative estimate of drug-likeness (QED) is 0.818. The number of carbonyl (C=O) groups excluding carboxylic acids is 2. The van der Waals surface area contributed by atoms with E-state index in [2.05, 4.69) is 19.2 Å². The minimum Gasteiger partial charge on any atom is -0.369 e. The van der Waals surface area contributed by atoms with Crippen LogP contribution in [0.5, 0.6) is 0 Å². The van der Waals surface area contributed by atoms with Crippen molar-refractivity contribution in [1.82, 2.24) is 0 Å². The average molecular weight is 324 g/mol. The first kappa shape index (κ1) is 17.7. The lowest BCUT2D eigenvalue weighted by Crippen LogP contribution is -2.26. The average Bonchev–Trinajstić information content (AvgIpc) is 2.57. The lowest BCUT2D eigenvalue weighted by Gasteiger charge is -2.23. The lowest BCUT2D eigenvalue weighted by molar-refractivity contribution is -0.119. The summed E-state index contributed by atoms with van der Waals surface area (Å²) in [5.74, 6) is -0.339. The largest absolute Gasteiger partial charge is 0.369 e. The van der Waals surface area contributed by atoms with Crippen molar-refractivity contribution in [3.05, 3.63) is 65.7 Å². The topological polar surface area (TPSA) is 72.2 Å². The van der Waals surface area contributed by atoms with E-state index in [0.29, 0.717) is 0 Å². The van der Waals surface area contributed by atoms with E-state index in [9.17, 15) is 9.59 Å². The molecule has 2 aromatic rings. The number of benzene rings is 2. The Balaban J connectivity index is 2.14. The van der Waals surface area contributed by atoms with Crippen LogP contribution in [0.2, 0.25) is 0 Å². The first-order valence-corrected chi connectivity index (χ1v) is 8.24. The van der Waals surface area contributed by atoms with Gasteiger partial charge in [0, 0.05) is 5.69 Å². The molecule has 4 nitrogen and oxygen atoms in total. The van der Waals surface area contributed by atoms with Gasteiger partial charge in [-0.2, -0.15) is 0 Å². The standard InChI is InChI=1S/C20H24N2O2/c1-3-14(2)19(16-7-5-4-6-8-16)20(24)22-17-11-9-15(10-12-17)13-18(21)23/h4-12,14,19H,3,13H2,1-2H3,(H2,21,23)(H,22,24)/t14-,19+/m1/s1. The molecule has 0 aliphatic carbocycles. The molecule has 0 saturated carbocycles. The second-order valence-electron chi connectivity index (χ2n) is 6.10. The van der Waals surface area contributed by atoms with Crippen LogP contribution in [0.1, 0.15) is 37.3 Å². The second kappa shape index (κ2) is 8.29. The lowest BCUT2D eigenvalue weighted by atomic mass is 9.85. The van der Waals surface area contributed by atoms with Crippen molar-refractivity contribution in [1.29, 1.82) is 0 Å². The molecule has 0 aromatic heterocycles. The van der Waals surface area contributed by atoms with Crippen LogP contribution in [0, 0.1) is 5.92 Å². The fraction of sp³-hybridized carbons (Fsp3) is 0.300. The van der Waals surface area contributed by atoms with Gasteiger partial charge in [-0.05, 0) is 29.2 Å². The molecule has 126 valence electrons. The van der Waals surface area contributed by atoms with Crippen LogP contribution in [0.25, 0.3) is 0 Å². The maximum Gasteiger partial charge on any atom is 0.232 e. The van der Waals surface area contributed by atoms with Crippen LogP contribution in [0.3, 0.4) is 0 Å². The van der Waals surface area contributed by atoms with Gasteiger partial charge >= 0.3 is 0 Å². The second-order valence-corrected chi connectivity index (χ2v) is 6.10. The molecule has 0 bridgehead atoms. The van der Waals surface area contributed by atoms with Crippen molar-refractivity contribution >= 4 is 17.5 Å². The maximum absolute atomic E-state index is 12.8. The van der Waals surface area contributed by atoms with Crippen LogP contribution in [-0.4, -0.2) is 11.8 Å². The molecular formula is C20H24N2O2. The van der Waals surface area contributed by atoms with E-state index in [-0.39, 0.29) is 30.1 Å². The van der Waals surface area contributed by atoms with Crippen LogP contribution >= 0.6 is 0 Å². The van der Waals surface area contributed by atoms with Crippen molar-refractivity contribution in [2.45, 2.75) is 32.6 Å². The third-order valence-electron chi connectivity index (χ3n) is 4.25. The van der Waals surface area contributed by atoms with Crippen LogP contribution < -0.4 is 11.1 Å². The molecule has 0 saturated heterocycles. The number of hydrogen-bond acceptors (Lipinski definition) is 2. The van der Waals surface area contributed by atoms with E-state index >= 15 is 0 Å². The third kappa shape index (κ3) is 4.69. The van der Waals surface area contributed by atoms with Gasteiger partial charge in [-0.15, -0.1) is 0 Å². The first-order valence-electron chi connectivity index (χ1n) is 8.24. The number of amides is 2. The van der Waals surface area contributed by atoms with Gasteiger partial charge in [0.2, 0.25) is 11.8 Å². The van der Waals surface area contributed by atoms with Crippen molar-refractivity contribution < 1.29 is 9.59 Å². The molecule has 0 spiro atoms. The summed E-state index contributed by atoms with van der Waals surface area (Å²) in [5.41, 5.74) is 7.77. The molecule has 4 heteroatoms. The predicted molar refractivity (Wildman–Crippen MR) is 96.6 cm³/mol.